The van der Waals surface area contributed by atoms with Gasteiger partial charge < -0.3 is 5.11 Å². The predicted octanol–water partition coefficient (Wildman–Crippen LogP) is 4.77. The first kappa shape index (κ1) is 14.3. The summed E-state index contributed by atoms with van der Waals surface area (Å²) in [7, 11) is 0. The Morgan fingerprint density at radius 1 is 1.11 bits per heavy atom. The van der Waals surface area contributed by atoms with Crippen LogP contribution in [0.25, 0.3) is 0 Å². The Hall–Kier alpha value is -1.16. The molecule has 98 valence electrons. The average molecular weight is 313 g/mol. The van der Waals surface area contributed by atoms with Crippen LogP contribution in [-0.2, 0) is 11.2 Å². The van der Waals surface area contributed by atoms with Gasteiger partial charge in [0.2, 0.25) is 0 Å². The summed E-state index contributed by atoms with van der Waals surface area (Å²) in [5, 5.41) is 9.91. The van der Waals surface area contributed by atoms with Gasteiger partial charge in [-0.25, -0.2) is 0 Å². The molecule has 0 heterocycles. The van der Waals surface area contributed by atoms with E-state index in [0.717, 1.165) is 15.4 Å². The Kier molecular flexibility index (Phi) is 4.75. The van der Waals surface area contributed by atoms with Crippen LogP contribution in [0, 0.1) is 0 Å². The number of benzene rings is 2. The number of carboxylic acids is 1. The molecule has 2 nitrogen and oxygen atoms in total. The van der Waals surface area contributed by atoms with Crippen LogP contribution in [0.2, 0.25) is 10.0 Å². The monoisotopic (exact) mass is 312 g/mol. The second-order valence-corrected chi connectivity index (χ2v) is 5.85. The van der Waals surface area contributed by atoms with Crippen LogP contribution in [-0.4, -0.2) is 11.1 Å². The first-order chi connectivity index (χ1) is 9.04. The van der Waals surface area contributed by atoms with E-state index < -0.39 is 5.97 Å². The molecule has 0 spiro atoms. The zero-order valence-corrected chi connectivity index (χ0v) is 12.1. The fourth-order valence-electron chi connectivity index (χ4n) is 1.53. The van der Waals surface area contributed by atoms with Gasteiger partial charge in [0.1, 0.15) is 0 Å². The Morgan fingerprint density at radius 2 is 1.79 bits per heavy atom. The minimum absolute atomic E-state index is 0.0344. The highest BCUT2D eigenvalue weighted by Gasteiger charge is 2.05. The second kappa shape index (κ2) is 6.33. The molecule has 0 atom stereocenters. The largest absolute Gasteiger partial charge is 0.481 e. The number of carbonyl (C=O) groups is 1. The lowest BCUT2D eigenvalue weighted by Crippen LogP contribution is -1.99. The third kappa shape index (κ3) is 4.16. The summed E-state index contributed by atoms with van der Waals surface area (Å²) in [6.07, 6.45) is 0.0344. The van der Waals surface area contributed by atoms with E-state index in [1.54, 1.807) is 24.3 Å². The molecule has 2 aromatic carbocycles. The Morgan fingerprint density at radius 3 is 2.37 bits per heavy atom. The van der Waals surface area contributed by atoms with Crippen molar-refractivity contribution in [3.8, 4) is 0 Å². The molecule has 2 rings (SSSR count). The molecule has 1 N–H and O–H groups in total. The van der Waals surface area contributed by atoms with E-state index in [4.69, 9.17) is 28.3 Å². The highest BCUT2D eigenvalue weighted by molar-refractivity contribution is 7.99. The van der Waals surface area contributed by atoms with Crippen molar-refractivity contribution in [2.45, 2.75) is 16.2 Å². The predicted molar refractivity (Wildman–Crippen MR) is 78.4 cm³/mol. The molecule has 0 amide bonds. The Bertz CT molecular complexity index is 597. The van der Waals surface area contributed by atoms with Gasteiger partial charge in [0.05, 0.1) is 11.4 Å². The third-order valence-electron chi connectivity index (χ3n) is 2.40. The van der Waals surface area contributed by atoms with Crippen molar-refractivity contribution in [2.24, 2.45) is 0 Å². The van der Waals surface area contributed by atoms with Gasteiger partial charge in [-0.15, -0.1) is 0 Å². The first-order valence-electron chi connectivity index (χ1n) is 5.48. The zero-order chi connectivity index (χ0) is 13.8. The molecule has 0 fully saturated rings. The van der Waals surface area contributed by atoms with Gasteiger partial charge in [-0.1, -0.05) is 47.1 Å². The summed E-state index contributed by atoms with van der Waals surface area (Å²) < 4.78 is 0. The topological polar surface area (TPSA) is 37.3 Å². The van der Waals surface area contributed by atoms with Gasteiger partial charge in [-0.05, 0) is 35.9 Å². The standard InChI is InChI=1S/C14H10Cl2O2S/c15-10-3-6-13(12(16)8-10)19-11-4-1-9(2-5-11)7-14(17)18/h1-6,8H,7H2,(H,17,18). The number of carboxylic acid groups (broad SMARTS) is 1. The Balaban J connectivity index is 2.13. The average Bonchev–Trinajstić information content (AvgIpc) is 2.34. The van der Waals surface area contributed by atoms with Gasteiger partial charge >= 0.3 is 5.97 Å². The van der Waals surface area contributed by atoms with E-state index in [0.29, 0.717) is 10.0 Å². The summed E-state index contributed by atoms with van der Waals surface area (Å²) in [5.74, 6) is -0.832. The molecular weight excluding hydrogens is 303 g/mol. The lowest BCUT2D eigenvalue weighted by Gasteiger charge is -2.05. The lowest BCUT2D eigenvalue weighted by molar-refractivity contribution is -0.136. The molecule has 0 unspecified atom stereocenters. The number of hydrogen-bond donors (Lipinski definition) is 1. The first-order valence-corrected chi connectivity index (χ1v) is 7.05. The van der Waals surface area contributed by atoms with Crippen molar-refractivity contribution in [1.29, 1.82) is 0 Å². The summed E-state index contributed by atoms with van der Waals surface area (Å²) in [5.41, 5.74) is 0.777. The maximum Gasteiger partial charge on any atom is 0.307 e. The van der Waals surface area contributed by atoms with E-state index in [1.165, 1.54) is 11.8 Å². The van der Waals surface area contributed by atoms with Crippen LogP contribution >= 0.6 is 35.0 Å². The molecule has 0 aliphatic heterocycles. The van der Waals surface area contributed by atoms with Gasteiger partial charge in [-0.3, -0.25) is 4.79 Å². The molecule has 0 aromatic heterocycles. The van der Waals surface area contributed by atoms with Crippen molar-refractivity contribution < 1.29 is 9.90 Å². The zero-order valence-electron chi connectivity index (χ0n) is 9.77. The van der Waals surface area contributed by atoms with Crippen molar-refractivity contribution in [3.05, 3.63) is 58.1 Å². The molecule has 0 saturated carbocycles. The van der Waals surface area contributed by atoms with Crippen molar-refractivity contribution in [3.63, 3.8) is 0 Å². The summed E-state index contributed by atoms with van der Waals surface area (Å²) in [6.45, 7) is 0. The SMILES string of the molecule is O=C(O)Cc1ccc(Sc2ccc(Cl)cc2Cl)cc1. The van der Waals surface area contributed by atoms with Gasteiger partial charge in [0.25, 0.3) is 0 Å². The maximum atomic E-state index is 10.6. The maximum absolute atomic E-state index is 10.6. The number of hydrogen-bond acceptors (Lipinski definition) is 2. The Labute approximate surface area is 125 Å². The van der Waals surface area contributed by atoms with Crippen LogP contribution in [0.4, 0.5) is 0 Å². The summed E-state index contributed by atoms with van der Waals surface area (Å²) in [6, 6.07) is 12.7. The molecule has 0 bridgehead atoms. The number of aliphatic carboxylic acids is 1. The van der Waals surface area contributed by atoms with Crippen LogP contribution in [0.1, 0.15) is 5.56 Å². The van der Waals surface area contributed by atoms with E-state index >= 15 is 0 Å². The molecule has 19 heavy (non-hydrogen) atoms. The molecule has 5 heteroatoms. The van der Waals surface area contributed by atoms with E-state index in [2.05, 4.69) is 0 Å². The van der Waals surface area contributed by atoms with Crippen LogP contribution < -0.4 is 0 Å². The molecular formula is C14H10Cl2O2S. The lowest BCUT2D eigenvalue weighted by atomic mass is 10.2. The highest BCUT2D eigenvalue weighted by Crippen LogP contribution is 2.34. The fourth-order valence-corrected chi connectivity index (χ4v) is 2.88. The molecule has 2 aromatic rings. The van der Waals surface area contributed by atoms with Crippen LogP contribution in [0.3, 0.4) is 0 Å². The second-order valence-electron chi connectivity index (χ2n) is 3.89. The smallest absolute Gasteiger partial charge is 0.307 e. The van der Waals surface area contributed by atoms with Gasteiger partial charge in [0.15, 0.2) is 0 Å². The van der Waals surface area contributed by atoms with E-state index in [1.807, 2.05) is 18.2 Å². The quantitative estimate of drug-likeness (QED) is 0.883. The summed E-state index contributed by atoms with van der Waals surface area (Å²) in [4.78, 5) is 12.5. The van der Waals surface area contributed by atoms with E-state index in [-0.39, 0.29) is 6.42 Å². The number of halogens is 2. The van der Waals surface area contributed by atoms with Crippen molar-refractivity contribution >= 4 is 40.9 Å². The fraction of sp³-hybridized carbons (Fsp3) is 0.0714. The van der Waals surface area contributed by atoms with Crippen LogP contribution in [0.5, 0.6) is 0 Å². The molecule has 0 aliphatic rings. The van der Waals surface area contributed by atoms with Gasteiger partial charge in [-0.2, -0.15) is 0 Å². The van der Waals surface area contributed by atoms with Crippen molar-refractivity contribution in [2.75, 3.05) is 0 Å². The summed E-state index contributed by atoms with van der Waals surface area (Å²) >= 11 is 13.4. The minimum Gasteiger partial charge on any atom is -0.481 e. The molecule has 0 radical (unpaired) electrons. The minimum atomic E-state index is -0.832. The normalized spacial score (nSPS) is 10.4. The number of rotatable bonds is 4. The van der Waals surface area contributed by atoms with Crippen molar-refractivity contribution in [1.82, 2.24) is 0 Å². The molecule has 0 aliphatic carbocycles. The molecule has 0 saturated heterocycles. The van der Waals surface area contributed by atoms with Crippen LogP contribution in [0.15, 0.2) is 52.3 Å². The van der Waals surface area contributed by atoms with E-state index in [9.17, 15) is 4.79 Å². The highest BCUT2D eigenvalue weighted by atomic mass is 35.5. The van der Waals surface area contributed by atoms with Gasteiger partial charge in [0, 0.05) is 14.8 Å². The third-order valence-corrected chi connectivity index (χ3v) is 4.14.